The fraction of sp³-hybridized carbons (Fsp3) is 0.682. The van der Waals surface area contributed by atoms with Gasteiger partial charge in [-0.25, -0.2) is 4.79 Å². The van der Waals surface area contributed by atoms with Gasteiger partial charge in [-0.1, -0.05) is 20.8 Å². The maximum atomic E-state index is 12.8. The summed E-state index contributed by atoms with van der Waals surface area (Å²) in [5, 5.41) is 4.53. The van der Waals surface area contributed by atoms with Gasteiger partial charge < -0.3 is 14.5 Å². The highest BCUT2D eigenvalue weighted by atomic mass is 32.1. The number of carbonyl (C=O) groups is 3. The summed E-state index contributed by atoms with van der Waals surface area (Å²) in [7, 11) is -2.02. The van der Waals surface area contributed by atoms with Crippen molar-refractivity contribution >= 4 is 37.3 Å². The van der Waals surface area contributed by atoms with E-state index in [2.05, 4.69) is 39.2 Å². The Morgan fingerprint density at radius 3 is 2.30 bits per heavy atom. The number of ether oxygens (including phenoxy) is 1. The van der Waals surface area contributed by atoms with E-state index in [9.17, 15) is 14.4 Å². The second-order valence-electron chi connectivity index (χ2n) is 10.6. The van der Waals surface area contributed by atoms with Crippen molar-refractivity contribution in [1.29, 1.82) is 0 Å². The molecular formula is C22H35NO5SSi. The third-order valence-electron chi connectivity index (χ3n) is 5.77. The zero-order valence-electron chi connectivity index (χ0n) is 19.5. The van der Waals surface area contributed by atoms with Crippen molar-refractivity contribution in [2.45, 2.75) is 90.8 Å². The molecular weight excluding hydrogens is 418 g/mol. The van der Waals surface area contributed by atoms with Gasteiger partial charge in [0, 0.05) is 11.8 Å². The van der Waals surface area contributed by atoms with Crippen LogP contribution in [0.3, 0.4) is 0 Å². The standard InChI is InChI=1S/C22H35NO5SSi/c1-13(28-30(8,9)22(5,6)7)18-15(23-19(18)25)11-16(24)17-10-14(12-29-17)20(26)27-21(2,3)4/h10,12-13,15,18H,11H2,1-9H3,(H,23,25). The van der Waals surface area contributed by atoms with Crippen molar-refractivity contribution < 1.29 is 23.5 Å². The normalized spacial score (nSPS) is 20.9. The minimum atomic E-state index is -2.02. The van der Waals surface area contributed by atoms with Crippen LogP contribution in [-0.2, 0) is 14.0 Å². The average Bonchev–Trinajstić information content (AvgIpc) is 3.00. The van der Waals surface area contributed by atoms with E-state index in [1.54, 1.807) is 32.2 Å². The van der Waals surface area contributed by atoms with Gasteiger partial charge in [-0.15, -0.1) is 11.3 Å². The number of hydrogen-bond acceptors (Lipinski definition) is 6. The second-order valence-corrected chi connectivity index (χ2v) is 16.2. The van der Waals surface area contributed by atoms with Gasteiger partial charge in [-0.05, 0) is 51.9 Å². The van der Waals surface area contributed by atoms with Gasteiger partial charge in [0.2, 0.25) is 5.91 Å². The number of ketones is 1. The van der Waals surface area contributed by atoms with E-state index < -0.39 is 19.9 Å². The predicted octanol–water partition coefficient (Wildman–Crippen LogP) is 4.80. The molecule has 0 spiro atoms. The van der Waals surface area contributed by atoms with Gasteiger partial charge in [0.1, 0.15) is 5.60 Å². The van der Waals surface area contributed by atoms with E-state index >= 15 is 0 Å². The summed E-state index contributed by atoms with van der Waals surface area (Å²) >= 11 is 1.22. The number of thiophene rings is 1. The molecule has 1 fully saturated rings. The monoisotopic (exact) mass is 453 g/mol. The molecule has 1 N–H and O–H groups in total. The minimum absolute atomic E-state index is 0.0435. The maximum absolute atomic E-state index is 12.8. The molecule has 1 aliphatic rings. The number of carbonyl (C=O) groups excluding carboxylic acids is 3. The predicted molar refractivity (Wildman–Crippen MR) is 122 cm³/mol. The summed E-state index contributed by atoms with van der Waals surface area (Å²) < 4.78 is 11.7. The zero-order chi connectivity index (χ0) is 23.1. The van der Waals surface area contributed by atoms with Crippen LogP contribution in [0.15, 0.2) is 11.4 Å². The SMILES string of the molecule is CC(O[Si](C)(C)C(C)(C)C)C1C(=O)NC1CC(=O)c1cc(C(=O)OC(C)(C)C)cs1. The molecule has 1 aromatic heterocycles. The van der Waals surface area contributed by atoms with Crippen LogP contribution in [0.2, 0.25) is 18.1 Å². The van der Waals surface area contributed by atoms with Gasteiger partial charge >= 0.3 is 5.97 Å². The largest absolute Gasteiger partial charge is 0.456 e. The molecule has 2 heterocycles. The lowest BCUT2D eigenvalue weighted by molar-refractivity contribution is -0.139. The van der Waals surface area contributed by atoms with Crippen LogP contribution < -0.4 is 5.32 Å². The van der Waals surface area contributed by atoms with Crippen LogP contribution in [0.5, 0.6) is 0 Å². The van der Waals surface area contributed by atoms with Crippen molar-refractivity contribution in [2.24, 2.45) is 5.92 Å². The van der Waals surface area contributed by atoms with Crippen molar-refractivity contribution in [2.75, 3.05) is 0 Å². The van der Waals surface area contributed by atoms with E-state index in [-0.39, 0.29) is 41.2 Å². The first-order valence-electron chi connectivity index (χ1n) is 10.3. The third-order valence-corrected chi connectivity index (χ3v) is 11.3. The van der Waals surface area contributed by atoms with Gasteiger partial charge in [0.05, 0.1) is 28.5 Å². The molecule has 1 amide bonds. The first-order chi connectivity index (χ1) is 13.5. The molecule has 1 aliphatic heterocycles. The Morgan fingerprint density at radius 2 is 1.80 bits per heavy atom. The first-order valence-corrected chi connectivity index (χ1v) is 14.1. The lowest BCUT2D eigenvalue weighted by Crippen LogP contribution is -2.64. The Bertz CT molecular complexity index is 818. The molecule has 3 atom stereocenters. The molecule has 1 saturated heterocycles. The number of hydrogen-bond donors (Lipinski definition) is 1. The van der Waals surface area contributed by atoms with Crippen molar-refractivity contribution in [3.63, 3.8) is 0 Å². The molecule has 3 unspecified atom stereocenters. The number of Topliss-reactive ketones (excluding diaryl/α,β-unsaturated/α-hetero) is 1. The highest BCUT2D eigenvalue weighted by Gasteiger charge is 2.48. The third kappa shape index (κ3) is 5.80. The van der Waals surface area contributed by atoms with Crippen LogP contribution in [0.4, 0.5) is 0 Å². The van der Waals surface area contributed by atoms with Crippen LogP contribution in [0.25, 0.3) is 0 Å². The molecule has 8 heteroatoms. The Labute approximate surface area is 184 Å². The molecule has 0 radical (unpaired) electrons. The Balaban J connectivity index is 2.02. The smallest absolute Gasteiger partial charge is 0.339 e. The van der Waals surface area contributed by atoms with Crippen LogP contribution in [0, 0.1) is 5.92 Å². The maximum Gasteiger partial charge on any atom is 0.339 e. The van der Waals surface area contributed by atoms with E-state index in [1.807, 2.05) is 6.92 Å². The van der Waals surface area contributed by atoms with Gasteiger partial charge in [-0.2, -0.15) is 0 Å². The van der Waals surface area contributed by atoms with E-state index in [1.165, 1.54) is 11.3 Å². The summed E-state index contributed by atoms with van der Waals surface area (Å²) in [5.41, 5.74) is -0.213. The minimum Gasteiger partial charge on any atom is -0.456 e. The summed E-state index contributed by atoms with van der Waals surface area (Å²) in [6.07, 6.45) is -0.0614. The lowest BCUT2D eigenvalue weighted by atomic mass is 9.83. The van der Waals surface area contributed by atoms with Crippen LogP contribution in [-0.4, -0.2) is 43.7 Å². The van der Waals surface area contributed by atoms with E-state index in [0.717, 1.165) is 0 Å². The molecule has 6 nitrogen and oxygen atoms in total. The number of rotatable bonds is 7. The van der Waals surface area contributed by atoms with Crippen LogP contribution in [0.1, 0.15) is 74.9 Å². The highest BCUT2D eigenvalue weighted by molar-refractivity contribution is 7.12. The highest BCUT2D eigenvalue weighted by Crippen LogP contribution is 2.39. The quantitative estimate of drug-likeness (QED) is 0.277. The Morgan fingerprint density at radius 1 is 1.20 bits per heavy atom. The van der Waals surface area contributed by atoms with Crippen molar-refractivity contribution in [1.82, 2.24) is 5.32 Å². The molecule has 168 valence electrons. The zero-order valence-corrected chi connectivity index (χ0v) is 21.4. The summed E-state index contributed by atoms with van der Waals surface area (Å²) in [5.74, 6) is -0.943. The number of amides is 1. The molecule has 0 bridgehead atoms. The Hall–Kier alpha value is -1.51. The molecule has 1 aromatic rings. The second kappa shape index (κ2) is 8.55. The Kier molecular flexibility index (Phi) is 7.06. The van der Waals surface area contributed by atoms with Crippen molar-refractivity contribution in [3.8, 4) is 0 Å². The molecule has 2 rings (SSSR count). The topological polar surface area (TPSA) is 81.7 Å². The first kappa shape index (κ1) is 24.8. The van der Waals surface area contributed by atoms with Gasteiger partial charge in [0.25, 0.3) is 0 Å². The van der Waals surface area contributed by atoms with Gasteiger partial charge in [-0.3, -0.25) is 9.59 Å². The van der Waals surface area contributed by atoms with Crippen LogP contribution >= 0.6 is 11.3 Å². The molecule has 0 aliphatic carbocycles. The number of esters is 1. The van der Waals surface area contributed by atoms with E-state index in [0.29, 0.717) is 10.4 Å². The summed E-state index contributed by atoms with van der Waals surface area (Å²) in [4.78, 5) is 37.7. The number of β-lactam (4-membered cyclic amide) rings is 1. The van der Waals surface area contributed by atoms with E-state index in [4.69, 9.17) is 9.16 Å². The fourth-order valence-electron chi connectivity index (χ4n) is 3.12. The summed E-state index contributed by atoms with van der Waals surface area (Å²) in [6.45, 7) is 18.1. The average molecular weight is 454 g/mol. The number of nitrogens with one attached hydrogen (secondary N) is 1. The molecule has 0 aromatic carbocycles. The summed E-state index contributed by atoms with van der Waals surface area (Å²) in [6, 6.07) is 1.32. The lowest BCUT2D eigenvalue weighted by Gasteiger charge is -2.45. The fourth-order valence-corrected chi connectivity index (χ4v) is 5.37. The molecule has 30 heavy (non-hydrogen) atoms. The molecule has 0 saturated carbocycles. The van der Waals surface area contributed by atoms with Crippen molar-refractivity contribution in [3.05, 3.63) is 21.9 Å². The van der Waals surface area contributed by atoms with Gasteiger partial charge in [0.15, 0.2) is 14.1 Å².